The molecular formula is C13H20N2OS. The number of aryl methyl sites for hydroxylation is 2. The molecule has 4 heteroatoms. The van der Waals surface area contributed by atoms with Gasteiger partial charge in [0.15, 0.2) is 5.11 Å². The Hall–Kier alpha value is -1.13. The molecule has 0 bridgehead atoms. The molecule has 0 aliphatic heterocycles. The number of nitrogens with zero attached hydrogens (tertiary/aromatic N) is 1. The quantitative estimate of drug-likeness (QED) is 0.806. The molecule has 1 rings (SSSR count). The molecule has 0 aliphatic rings. The minimum atomic E-state index is 0.114. The lowest BCUT2D eigenvalue weighted by atomic mass is 10.1. The highest BCUT2D eigenvalue weighted by atomic mass is 32.1. The molecule has 0 amide bonds. The SMILES string of the molecule is CCN(CCO)C(=S)Nc1cc(C)ccc1C. The molecule has 0 saturated carbocycles. The number of hydrogen-bond donors (Lipinski definition) is 2. The first-order valence-corrected chi connectivity index (χ1v) is 6.23. The molecule has 3 nitrogen and oxygen atoms in total. The summed E-state index contributed by atoms with van der Waals surface area (Å²) in [6.45, 7) is 7.59. The van der Waals surface area contributed by atoms with E-state index in [-0.39, 0.29) is 6.61 Å². The summed E-state index contributed by atoms with van der Waals surface area (Å²) in [7, 11) is 0. The molecule has 0 fully saturated rings. The van der Waals surface area contributed by atoms with Gasteiger partial charge in [-0.3, -0.25) is 0 Å². The maximum Gasteiger partial charge on any atom is 0.173 e. The summed E-state index contributed by atoms with van der Waals surface area (Å²) in [6, 6.07) is 6.23. The zero-order valence-corrected chi connectivity index (χ0v) is 11.5. The fourth-order valence-corrected chi connectivity index (χ4v) is 1.92. The van der Waals surface area contributed by atoms with Gasteiger partial charge in [0.05, 0.1) is 6.61 Å². The van der Waals surface area contributed by atoms with Crippen molar-refractivity contribution in [1.82, 2.24) is 4.90 Å². The number of likely N-dealkylation sites (N-methyl/N-ethyl adjacent to an activating group) is 1. The lowest BCUT2D eigenvalue weighted by Crippen LogP contribution is -2.36. The molecule has 1 aromatic rings. The second-order valence-corrected chi connectivity index (χ2v) is 4.44. The van der Waals surface area contributed by atoms with Gasteiger partial charge in [0.2, 0.25) is 0 Å². The number of rotatable bonds is 4. The Morgan fingerprint density at radius 2 is 2.12 bits per heavy atom. The number of hydrogen-bond acceptors (Lipinski definition) is 2. The highest BCUT2D eigenvalue weighted by Gasteiger charge is 2.08. The van der Waals surface area contributed by atoms with Crippen LogP contribution in [0.2, 0.25) is 0 Å². The summed E-state index contributed by atoms with van der Waals surface area (Å²) < 4.78 is 0. The third-order valence-corrected chi connectivity index (χ3v) is 3.03. The summed E-state index contributed by atoms with van der Waals surface area (Å²) in [5.41, 5.74) is 3.40. The van der Waals surface area contributed by atoms with E-state index in [2.05, 4.69) is 30.4 Å². The van der Waals surface area contributed by atoms with Crippen molar-refractivity contribution < 1.29 is 5.11 Å². The van der Waals surface area contributed by atoms with Gasteiger partial charge in [-0.25, -0.2) is 0 Å². The Balaban J connectivity index is 2.76. The summed E-state index contributed by atoms with van der Waals surface area (Å²) in [4.78, 5) is 1.94. The zero-order valence-electron chi connectivity index (χ0n) is 10.7. The third kappa shape index (κ3) is 3.98. The highest BCUT2D eigenvalue weighted by molar-refractivity contribution is 7.80. The number of nitrogens with one attached hydrogen (secondary N) is 1. The van der Waals surface area contributed by atoms with Gasteiger partial charge in [-0.15, -0.1) is 0 Å². The van der Waals surface area contributed by atoms with Crippen molar-refractivity contribution in [3.8, 4) is 0 Å². The number of benzene rings is 1. The van der Waals surface area contributed by atoms with E-state index in [4.69, 9.17) is 17.3 Å². The number of aliphatic hydroxyl groups excluding tert-OH is 1. The van der Waals surface area contributed by atoms with E-state index in [1.165, 1.54) is 5.56 Å². The minimum absolute atomic E-state index is 0.114. The second kappa shape index (κ2) is 6.57. The zero-order chi connectivity index (χ0) is 12.8. The Morgan fingerprint density at radius 1 is 1.41 bits per heavy atom. The van der Waals surface area contributed by atoms with E-state index in [0.717, 1.165) is 17.8 Å². The van der Waals surface area contributed by atoms with Crippen molar-refractivity contribution in [2.24, 2.45) is 0 Å². The number of thiocarbonyl (C=S) groups is 1. The molecule has 0 aromatic heterocycles. The number of anilines is 1. The van der Waals surface area contributed by atoms with E-state index in [1.54, 1.807) is 0 Å². The van der Waals surface area contributed by atoms with Gasteiger partial charge in [-0.2, -0.15) is 0 Å². The van der Waals surface area contributed by atoms with Crippen LogP contribution < -0.4 is 5.32 Å². The van der Waals surface area contributed by atoms with Crippen molar-refractivity contribution >= 4 is 23.0 Å². The van der Waals surface area contributed by atoms with Crippen LogP contribution in [0.25, 0.3) is 0 Å². The van der Waals surface area contributed by atoms with Gasteiger partial charge in [0.1, 0.15) is 0 Å². The van der Waals surface area contributed by atoms with E-state index in [0.29, 0.717) is 11.7 Å². The second-order valence-electron chi connectivity index (χ2n) is 4.05. The summed E-state index contributed by atoms with van der Waals surface area (Å²) in [5.74, 6) is 0. The van der Waals surface area contributed by atoms with Gasteiger partial charge in [-0.1, -0.05) is 12.1 Å². The van der Waals surface area contributed by atoms with Crippen LogP contribution >= 0.6 is 12.2 Å². The van der Waals surface area contributed by atoms with Crippen molar-refractivity contribution in [2.45, 2.75) is 20.8 Å². The standard InChI is InChI=1S/C13H20N2OS/c1-4-15(7-8-16)13(17)14-12-9-10(2)5-6-11(12)3/h5-6,9,16H,4,7-8H2,1-3H3,(H,14,17). The highest BCUT2D eigenvalue weighted by Crippen LogP contribution is 2.16. The van der Waals surface area contributed by atoms with Crippen molar-refractivity contribution in [3.05, 3.63) is 29.3 Å². The lowest BCUT2D eigenvalue weighted by Gasteiger charge is -2.24. The molecular weight excluding hydrogens is 232 g/mol. The first kappa shape index (κ1) is 13.9. The van der Waals surface area contributed by atoms with Crippen molar-refractivity contribution in [3.63, 3.8) is 0 Å². The molecule has 0 radical (unpaired) electrons. The van der Waals surface area contributed by atoms with Gasteiger partial charge >= 0.3 is 0 Å². The maximum absolute atomic E-state index is 8.95. The summed E-state index contributed by atoms with van der Waals surface area (Å²) >= 11 is 5.33. The largest absolute Gasteiger partial charge is 0.395 e. The van der Waals surface area contributed by atoms with E-state index in [9.17, 15) is 0 Å². The van der Waals surface area contributed by atoms with E-state index >= 15 is 0 Å². The fourth-order valence-electron chi connectivity index (χ4n) is 1.59. The summed E-state index contributed by atoms with van der Waals surface area (Å²) in [5, 5.41) is 12.8. The van der Waals surface area contributed by atoms with Gasteiger partial charge in [0.25, 0.3) is 0 Å². The van der Waals surface area contributed by atoms with Crippen LogP contribution in [0.3, 0.4) is 0 Å². The van der Waals surface area contributed by atoms with Crippen LogP contribution in [-0.2, 0) is 0 Å². The van der Waals surface area contributed by atoms with Gasteiger partial charge < -0.3 is 15.3 Å². The average Bonchev–Trinajstić information content (AvgIpc) is 2.30. The van der Waals surface area contributed by atoms with E-state index < -0.39 is 0 Å². The average molecular weight is 252 g/mol. The van der Waals surface area contributed by atoms with Gasteiger partial charge in [0, 0.05) is 18.8 Å². The van der Waals surface area contributed by atoms with Crippen LogP contribution in [-0.4, -0.2) is 34.8 Å². The Kier molecular flexibility index (Phi) is 5.38. The smallest absolute Gasteiger partial charge is 0.173 e. The molecule has 2 N–H and O–H groups in total. The Morgan fingerprint density at radius 3 is 2.71 bits per heavy atom. The van der Waals surface area contributed by atoms with Crippen LogP contribution in [0.4, 0.5) is 5.69 Å². The van der Waals surface area contributed by atoms with Crippen LogP contribution in [0.15, 0.2) is 18.2 Å². The van der Waals surface area contributed by atoms with Crippen LogP contribution in [0, 0.1) is 13.8 Å². The molecule has 94 valence electrons. The lowest BCUT2D eigenvalue weighted by molar-refractivity contribution is 0.254. The first-order chi connectivity index (χ1) is 8.08. The Bertz CT molecular complexity index is 393. The molecule has 1 aromatic carbocycles. The topological polar surface area (TPSA) is 35.5 Å². The minimum Gasteiger partial charge on any atom is -0.395 e. The number of aliphatic hydroxyl groups is 1. The van der Waals surface area contributed by atoms with Crippen molar-refractivity contribution in [2.75, 3.05) is 25.0 Å². The molecule has 0 heterocycles. The van der Waals surface area contributed by atoms with Crippen molar-refractivity contribution in [1.29, 1.82) is 0 Å². The molecule has 0 unspecified atom stereocenters. The third-order valence-electron chi connectivity index (χ3n) is 2.67. The maximum atomic E-state index is 8.95. The predicted molar refractivity (Wildman–Crippen MR) is 76.5 cm³/mol. The van der Waals surface area contributed by atoms with Gasteiger partial charge in [-0.05, 0) is 50.2 Å². The molecule has 0 spiro atoms. The molecule has 0 atom stereocenters. The predicted octanol–water partition coefficient (Wildman–Crippen LogP) is 2.31. The molecule has 0 saturated heterocycles. The summed E-state index contributed by atoms with van der Waals surface area (Å²) in [6.07, 6.45) is 0. The Labute approximate surface area is 108 Å². The van der Waals surface area contributed by atoms with Crippen LogP contribution in [0.5, 0.6) is 0 Å². The molecule has 0 aliphatic carbocycles. The van der Waals surface area contributed by atoms with Crippen LogP contribution in [0.1, 0.15) is 18.1 Å². The van der Waals surface area contributed by atoms with E-state index in [1.807, 2.05) is 18.7 Å². The normalized spacial score (nSPS) is 10.1. The molecule has 17 heavy (non-hydrogen) atoms. The monoisotopic (exact) mass is 252 g/mol. The fraction of sp³-hybridized carbons (Fsp3) is 0.462. The first-order valence-electron chi connectivity index (χ1n) is 5.82.